The lowest BCUT2D eigenvalue weighted by molar-refractivity contribution is -0.131. The number of amides is 1. The lowest BCUT2D eigenvalue weighted by Crippen LogP contribution is -2.27. The average Bonchev–Trinajstić information content (AvgIpc) is 3.21. The van der Waals surface area contributed by atoms with Gasteiger partial charge in [0.25, 0.3) is 5.91 Å². The molecule has 0 aliphatic carbocycles. The molecule has 0 saturated carbocycles. The third-order valence-electron chi connectivity index (χ3n) is 4.97. The van der Waals surface area contributed by atoms with Crippen LogP contribution in [0.4, 0.5) is 0 Å². The van der Waals surface area contributed by atoms with Gasteiger partial charge in [-0.25, -0.2) is 14.5 Å². The summed E-state index contributed by atoms with van der Waals surface area (Å²) in [5.41, 5.74) is 3.32. The third-order valence-corrected chi connectivity index (χ3v) is 5.22. The maximum Gasteiger partial charge on any atom is 0.339 e. The summed E-state index contributed by atoms with van der Waals surface area (Å²) in [7, 11) is 3.21. The van der Waals surface area contributed by atoms with Crippen molar-refractivity contribution in [3.05, 3.63) is 83.0 Å². The monoisotopic (exact) mass is 448 g/mol. The Bertz CT molecular complexity index is 1270. The number of esters is 1. The molecule has 0 aliphatic heterocycles. The smallest absolute Gasteiger partial charge is 0.339 e. The van der Waals surface area contributed by atoms with E-state index in [1.54, 1.807) is 31.0 Å². The summed E-state index contributed by atoms with van der Waals surface area (Å²) in [6, 6.07) is 18.7. The highest BCUT2D eigenvalue weighted by molar-refractivity contribution is 6.30. The molecule has 0 radical (unpaired) electrons. The summed E-state index contributed by atoms with van der Waals surface area (Å²) < 4.78 is 7.01. The molecule has 0 N–H and O–H groups in total. The van der Waals surface area contributed by atoms with Crippen LogP contribution in [0.25, 0.3) is 22.3 Å². The highest BCUT2D eigenvalue weighted by Gasteiger charge is 2.20. The number of benzene rings is 2. The molecule has 8 heteroatoms. The Morgan fingerprint density at radius 3 is 2.47 bits per heavy atom. The summed E-state index contributed by atoms with van der Waals surface area (Å²) in [6.45, 7) is 0.120. The van der Waals surface area contributed by atoms with Crippen LogP contribution >= 0.6 is 11.6 Å². The maximum atomic E-state index is 12.9. The summed E-state index contributed by atoms with van der Waals surface area (Å²) >= 11 is 5.99. The number of aromatic nitrogens is 3. The van der Waals surface area contributed by atoms with E-state index in [9.17, 15) is 9.59 Å². The van der Waals surface area contributed by atoms with Crippen molar-refractivity contribution < 1.29 is 14.3 Å². The highest BCUT2D eigenvalue weighted by atomic mass is 35.5. The van der Waals surface area contributed by atoms with Crippen LogP contribution in [0.5, 0.6) is 0 Å². The van der Waals surface area contributed by atoms with E-state index in [4.69, 9.17) is 21.3 Å². The summed E-state index contributed by atoms with van der Waals surface area (Å²) in [6.07, 6.45) is 1.59. The largest absolute Gasteiger partial charge is 0.452 e. The minimum absolute atomic E-state index is 0.301. The molecule has 0 atom stereocenters. The van der Waals surface area contributed by atoms with Crippen molar-refractivity contribution in [1.82, 2.24) is 19.7 Å². The van der Waals surface area contributed by atoms with Gasteiger partial charge in [-0.05, 0) is 23.8 Å². The fourth-order valence-corrected chi connectivity index (χ4v) is 3.31. The fourth-order valence-electron chi connectivity index (χ4n) is 3.19. The van der Waals surface area contributed by atoms with Gasteiger partial charge < -0.3 is 9.64 Å². The second-order valence-corrected chi connectivity index (χ2v) is 7.89. The first-order chi connectivity index (χ1) is 15.4. The topological polar surface area (TPSA) is 77.3 Å². The molecule has 0 spiro atoms. The zero-order valence-electron chi connectivity index (χ0n) is 17.7. The molecule has 2 aromatic carbocycles. The van der Waals surface area contributed by atoms with E-state index in [0.717, 1.165) is 11.1 Å². The first-order valence-corrected chi connectivity index (χ1v) is 10.3. The van der Waals surface area contributed by atoms with Crippen molar-refractivity contribution >= 4 is 34.5 Å². The number of rotatable bonds is 6. The lowest BCUT2D eigenvalue weighted by atomic mass is 10.1. The van der Waals surface area contributed by atoms with Crippen molar-refractivity contribution in [3.63, 3.8) is 0 Å². The molecular formula is C24H21ClN4O3. The zero-order chi connectivity index (χ0) is 22.7. The number of hydrogen-bond acceptors (Lipinski definition) is 5. The number of likely N-dealkylation sites (N-methyl/N-ethyl adjacent to an activating group) is 1. The van der Waals surface area contributed by atoms with E-state index >= 15 is 0 Å². The number of carbonyl (C=O) groups excluding carboxylic acids is 2. The van der Waals surface area contributed by atoms with E-state index < -0.39 is 5.97 Å². The maximum absolute atomic E-state index is 12.9. The Morgan fingerprint density at radius 2 is 1.78 bits per heavy atom. The van der Waals surface area contributed by atoms with Gasteiger partial charge >= 0.3 is 5.97 Å². The van der Waals surface area contributed by atoms with Crippen molar-refractivity contribution in [1.29, 1.82) is 0 Å². The minimum Gasteiger partial charge on any atom is -0.452 e. The second-order valence-electron chi connectivity index (χ2n) is 7.45. The molecular weight excluding hydrogens is 428 g/mol. The average molecular weight is 449 g/mol. The molecule has 1 amide bonds. The van der Waals surface area contributed by atoms with Gasteiger partial charge in [0.15, 0.2) is 12.3 Å². The van der Waals surface area contributed by atoms with Crippen molar-refractivity contribution in [2.75, 3.05) is 20.7 Å². The zero-order valence-corrected chi connectivity index (χ0v) is 18.4. The SMILES string of the molecule is CN(C)C(=O)COC(=O)c1cc(-c2ccccc2)nc2c1cnn2Cc1ccc(Cl)cc1. The molecule has 4 aromatic rings. The van der Waals surface area contributed by atoms with Crippen molar-refractivity contribution in [2.45, 2.75) is 6.54 Å². The van der Waals surface area contributed by atoms with E-state index in [-0.39, 0.29) is 12.5 Å². The summed E-state index contributed by atoms with van der Waals surface area (Å²) in [4.78, 5) is 30.9. The molecule has 0 saturated heterocycles. The lowest BCUT2D eigenvalue weighted by Gasteiger charge is -2.12. The molecule has 0 bridgehead atoms. The number of nitrogens with zero attached hydrogens (tertiary/aromatic N) is 4. The Kier molecular flexibility index (Phi) is 6.18. The number of halogens is 1. The van der Waals surface area contributed by atoms with E-state index in [0.29, 0.717) is 33.9 Å². The van der Waals surface area contributed by atoms with Gasteiger partial charge in [0.1, 0.15) is 0 Å². The minimum atomic E-state index is -0.601. The number of pyridine rings is 1. The van der Waals surface area contributed by atoms with Crippen LogP contribution in [0.15, 0.2) is 66.9 Å². The standard InChI is InChI=1S/C24H21ClN4O3/c1-28(2)22(30)15-32-24(31)19-12-21(17-6-4-3-5-7-17)27-23-20(19)13-26-29(23)14-16-8-10-18(25)11-9-16/h3-13H,14-15H2,1-2H3. The molecule has 162 valence electrons. The molecule has 0 fully saturated rings. The van der Waals surface area contributed by atoms with Crippen LogP contribution in [0.1, 0.15) is 15.9 Å². The van der Waals surface area contributed by atoms with E-state index in [1.807, 2.05) is 54.6 Å². The van der Waals surface area contributed by atoms with Gasteiger partial charge in [-0.15, -0.1) is 0 Å². The van der Waals surface area contributed by atoms with E-state index in [1.165, 1.54) is 4.90 Å². The summed E-state index contributed by atoms with van der Waals surface area (Å²) in [5, 5.41) is 5.66. The molecule has 4 rings (SSSR count). The highest BCUT2D eigenvalue weighted by Crippen LogP contribution is 2.26. The Labute approximate surface area is 190 Å². The normalized spacial score (nSPS) is 10.8. The number of carbonyl (C=O) groups is 2. The van der Waals surface area contributed by atoms with Crippen molar-refractivity contribution in [2.24, 2.45) is 0 Å². The Morgan fingerprint density at radius 1 is 1.06 bits per heavy atom. The summed E-state index contributed by atoms with van der Waals surface area (Å²) in [5.74, 6) is -0.902. The molecule has 0 aliphatic rings. The van der Waals surface area contributed by atoms with Gasteiger partial charge in [0, 0.05) is 24.7 Å². The van der Waals surface area contributed by atoms with Gasteiger partial charge in [-0.2, -0.15) is 5.10 Å². The molecule has 7 nitrogen and oxygen atoms in total. The van der Waals surface area contributed by atoms with Crippen LogP contribution in [0.2, 0.25) is 5.02 Å². The predicted molar refractivity (Wildman–Crippen MR) is 122 cm³/mol. The number of hydrogen-bond donors (Lipinski definition) is 0. The first kappa shape index (κ1) is 21.5. The van der Waals surface area contributed by atoms with Crippen LogP contribution in [0.3, 0.4) is 0 Å². The number of fused-ring (bicyclic) bond motifs is 1. The quantitative estimate of drug-likeness (QED) is 0.416. The van der Waals surface area contributed by atoms with Crippen LogP contribution < -0.4 is 0 Å². The van der Waals surface area contributed by atoms with Gasteiger partial charge in [-0.3, -0.25) is 4.79 Å². The Balaban J connectivity index is 1.76. The predicted octanol–water partition coefficient (Wildman–Crippen LogP) is 4.05. The van der Waals surface area contributed by atoms with Gasteiger partial charge in [0.2, 0.25) is 0 Å². The Hall–Kier alpha value is -3.71. The van der Waals surface area contributed by atoms with Crippen molar-refractivity contribution in [3.8, 4) is 11.3 Å². The van der Waals surface area contributed by atoms with Crippen LogP contribution in [0, 0.1) is 0 Å². The van der Waals surface area contributed by atoms with Gasteiger partial charge in [-0.1, -0.05) is 54.1 Å². The van der Waals surface area contributed by atoms with Gasteiger partial charge in [0.05, 0.1) is 29.4 Å². The fraction of sp³-hybridized carbons (Fsp3) is 0.167. The van der Waals surface area contributed by atoms with Crippen LogP contribution in [-0.4, -0.2) is 52.2 Å². The second kappa shape index (κ2) is 9.20. The van der Waals surface area contributed by atoms with E-state index in [2.05, 4.69) is 5.10 Å². The number of ether oxygens (including phenoxy) is 1. The third kappa shape index (κ3) is 4.63. The molecule has 2 heterocycles. The molecule has 32 heavy (non-hydrogen) atoms. The first-order valence-electron chi connectivity index (χ1n) is 9.96. The molecule has 0 unspecified atom stereocenters. The molecule has 2 aromatic heterocycles. The van der Waals surface area contributed by atoms with Crippen LogP contribution in [-0.2, 0) is 16.1 Å².